The lowest BCUT2D eigenvalue weighted by atomic mass is 10.2. The van der Waals surface area contributed by atoms with Gasteiger partial charge in [-0.15, -0.1) is 15.3 Å². The molecule has 0 bridgehead atoms. The maximum Gasteiger partial charge on any atom is 0.247 e. The van der Waals surface area contributed by atoms with Crippen LogP contribution in [0.15, 0.2) is 64.2 Å². The van der Waals surface area contributed by atoms with Crippen molar-refractivity contribution < 1.29 is 9.15 Å². The van der Waals surface area contributed by atoms with Crippen molar-refractivity contribution in [1.82, 2.24) is 25.4 Å². The number of H-pyrrole nitrogens is 1. The molecule has 27 heavy (non-hydrogen) atoms. The second kappa shape index (κ2) is 8.05. The van der Waals surface area contributed by atoms with Gasteiger partial charge in [0.25, 0.3) is 0 Å². The average Bonchev–Trinajstić information content (AvgIpc) is 3.36. The first-order valence-electron chi connectivity index (χ1n) is 8.37. The lowest BCUT2D eigenvalue weighted by Crippen LogP contribution is -1.97. The average molecular weight is 379 g/mol. The van der Waals surface area contributed by atoms with Gasteiger partial charge in [0.05, 0.1) is 5.75 Å². The number of aromatic amines is 1. The van der Waals surface area contributed by atoms with E-state index in [-0.39, 0.29) is 0 Å². The van der Waals surface area contributed by atoms with E-state index < -0.39 is 0 Å². The number of aromatic nitrogens is 5. The molecule has 0 radical (unpaired) electrons. The fraction of sp³-hybridized carbons (Fsp3) is 0.158. The minimum atomic E-state index is 0.329. The number of nitrogens with one attached hydrogen (secondary N) is 1. The molecule has 0 unspecified atom stereocenters. The Bertz CT molecular complexity index is 998. The first-order chi connectivity index (χ1) is 13.3. The van der Waals surface area contributed by atoms with Crippen molar-refractivity contribution in [3.8, 4) is 17.2 Å². The van der Waals surface area contributed by atoms with Gasteiger partial charge in [-0.05, 0) is 31.2 Å². The van der Waals surface area contributed by atoms with Crippen molar-refractivity contribution in [2.75, 3.05) is 0 Å². The zero-order valence-corrected chi connectivity index (χ0v) is 15.4. The van der Waals surface area contributed by atoms with E-state index in [1.807, 2.05) is 61.5 Å². The highest BCUT2D eigenvalue weighted by atomic mass is 32.2. The molecule has 0 fully saturated rings. The van der Waals surface area contributed by atoms with Crippen LogP contribution in [-0.2, 0) is 12.4 Å². The second-order valence-electron chi connectivity index (χ2n) is 5.82. The van der Waals surface area contributed by atoms with Crippen molar-refractivity contribution in [3.63, 3.8) is 0 Å². The van der Waals surface area contributed by atoms with Gasteiger partial charge in [0.1, 0.15) is 12.4 Å². The molecule has 136 valence electrons. The Balaban J connectivity index is 1.31. The highest BCUT2D eigenvalue weighted by Crippen LogP contribution is 2.22. The van der Waals surface area contributed by atoms with Gasteiger partial charge >= 0.3 is 0 Å². The van der Waals surface area contributed by atoms with Crippen molar-refractivity contribution in [3.05, 3.63) is 71.9 Å². The largest absolute Gasteiger partial charge is 0.486 e. The van der Waals surface area contributed by atoms with Crippen molar-refractivity contribution >= 4 is 11.8 Å². The van der Waals surface area contributed by atoms with Gasteiger partial charge in [0.15, 0.2) is 5.82 Å². The lowest BCUT2D eigenvalue weighted by Gasteiger charge is -2.03. The van der Waals surface area contributed by atoms with E-state index in [0.29, 0.717) is 35.1 Å². The second-order valence-corrected chi connectivity index (χ2v) is 6.76. The summed E-state index contributed by atoms with van der Waals surface area (Å²) in [4.78, 5) is 4.40. The van der Waals surface area contributed by atoms with Crippen LogP contribution in [0.4, 0.5) is 0 Å². The molecule has 2 aromatic carbocycles. The van der Waals surface area contributed by atoms with Crippen molar-refractivity contribution in [1.29, 1.82) is 0 Å². The van der Waals surface area contributed by atoms with Gasteiger partial charge in [0, 0.05) is 5.56 Å². The van der Waals surface area contributed by atoms with Gasteiger partial charge in [-0.2, -0.15) is 0 Å². The van der Waals surface area contributed by atoms with Crippen LogP contribution < -0.4 is 4.74 Å². The molecule has 0 atom stereocenters. The number of ether oxygens (including phenoxy) is 1. The van der Waals surface area contributed by atoms with Gasteiger partial charge in [-0.1, -0.05) is 47.7 Å². The molecule has 0 aliphatic heterocycles. The number of aryl methyl sites for hydroxylation is 1. The highest BCUT2D eigenvalue weighted by molar-refractivity contribution is 7.98. The van der Waals surface area contributed by atoms with E-state index >= 15 is 0 Å². The predicted molar refractivity (Wildman–Crippen MR) is 101 cm³/mol. The standard InChI is InChI=1S/C19H17N5O2S/c1-13-7-9-15(10-8-13)25-11-16-20-19(24-21-16)27-12-17-22-23-18(26-17)14-5-3-2-4-6-14/h2-10H,11-12H2,1H3,(H,20,21,24). The van der Waals surface area contributed by atoms with Crippen LogP contribution in [0.2, 0.25) is 0 Å². The summed E-state index contributed by atoms with van der Waals surface area (Å²) in [7, 11) is 0. The Hall–Kier alpha value is -3.13. The number of benzene rings is 2. The monoisotopic (exact) mass is 379 g/mol. The van der Waals surface area contributed by atoms with Crippen LogP contribution in [0.1, 0.15) is 17.3 Å². The molecule has 2 heterocycles. The SMILES string of the molecule is Cc1ccc(OCc2nc(SCc3nnc(-c4ccccc4)o3)n[nH]2)cc1. The quantitative estimate of drug-likeness (QED) is 0.485. The number of nitrogens with zero attached hydrogens (tertiary/aromatic N) is 4. The topological polar surface area (TPSA) is 89.7 Å². The summed E-state index contributed by atoms with van der Waals surface area (Å²) in [5.41, 5.74) is 2.09. The van der Waals surface area contributed by atoms with Gasteiger partial charge in [0.2, 0.25) is 16.9 Å². The van der Waals surface area contributed by atoms with E-state index in [9.17, 15) is 0 Å². The van der Waals surface area contributed by atoms with Crippen molar-refractivity contribution in [2.45, 2.75) is 24.4 Å². The summed E-state index contributed by atoms with van der Waals surface area (Å²) in [6, 6.07) is 17.5. The first-order valence-corrected chi connectivity index (χ1v) is 9.36. The van der Waals surface area contributed by atoms with Crippen LogP contribution in [-0.4, -0.2) is 25.4 Å². The maximum atomic E-state index is 5.69. The van der Waals surface area contributed by atoms with Gasteiger partial charge in [-0.3, -0.25) is 5.10 Å². The Kier molecular flexibility index (Phi) is 5.15. The van der Waals surface area contributed by atoms with E-state index in [2.05, 4.69) is 25.4 Å². The molecule has 4 rings (SSSR count). The highest BCUT2D eigenvalue weighted by Gasteiger charge is 2.11. The summed E-state index contributed by atoms with van der Waals surface area (Å²) < 4.78 is 11.4. The third-order valence-electron chi connectivity index (χ3n) is 3.72. The molecule has 0 aliphatic rings. The molecule has 7 nitrogen and oxygen atoms in total. The summed E-state index contributed by atoms with van der Waals surface area (Å²) in [5.74, 6) is 2.99. The van der Waals surface area contributed by atoms with E-state index in [1.54, 1.807) is 0 Å². The third kappa shape index (κ3) is 4.53. The van der Waals surface area contributed by atoms with Gasteiger partial charge in [-0.25, -0.2) is 4.98 Å². The normalized spacial score (nSPS) is 10.9. The van der Waals surface area contributed by atoms with Crippen LogP contribution in [0.3, 0.4) is 0 Å². The van der Waals surface area contributed by atoms with Crippen LogP contribution in [0.5, 0.6) is 5.75 Å². The predicted octanol–water partition coefficient (Wildman–Crippen LogP) is 4.03. The van der Waals surface area contributed by atoms with Crippen LogP contribution in [0.25, 0.3) is 11.5 Å². The Morgan fingerprint density at radius 2 is 1.85 bits per heavy atom. The fourth-order valence-corrected chi connectivity index (χ4v) is 2.98. The molecule has 8 heteroatoms. The van der Waals surface area contributed by atoms with Crippen LogP contribution in [0, 0.1) is 6.92 Å². The van der Waals surface area contributed by atoms with Crippen LogP contribution >= 0.6 is 11.8 Å². The number of thioether (sulfide) groups is 1. The molecule has 0 aliphatic carbocycles. The Morgan fingerprint density at radius 1 is 1.04 bits per heavy atom. The summed E-state index contributed by atoms with van der Waals surface area (Å²) in [6.45, 7) is 2.37. The van der Waals surface area contributed by atoms with E-state index in [4.69, 9.17) is 9.15 Å². The summed E-state index contributed by atoms with van der Waals surface area (Å²) in [6.07, 6.45) is 0. The molecule has 2 aromatic heterocycles. The molecular weight excluding hydrogens is 362 g/mol. The molecule has 1 N–H and O–H groups in total. The molecule has 0 saturated heterocycles. The zero-order valence-electron chi connectivity index (χ0n) is 14.6. The summed E-state index contributed by atoms with van der Waals surface area (Å²) in [5, 5.41) is 15.8. The zero-order chi connectivity index (χ0) is 18.5. The minimum Gasteiger partial charge on any atom is -0.486 e. The summed E-state index contributed by atoms with van der Waals surface area (Å²) >= 11 is 1.42. The fourth-order valence-electron chi connectivity index (χ4n) is 2.33. The number of hydrogen-bond donors (Lipinski definition) is 1. The number of hydrogen-bond acceptors (Lipinski definition) is 7. The molecular formula is C19H17N5O2S. The minimum absolute atomic E-state index is 0.329. The van der Waals surface area contributed by atoms with Gasteiger partial charge < -0.3 is 9.15 Å². The molecule has 0 saturated carbocycles. The molecule has 0 amide bonds. The molecule has 4 aromatic rings. The van der Waals surface area contributed by atoms with E-state index in [0.717, 1.165) is 11.3 Å². The smallest absolute Gasteiger partial charge is 0.247 e. The number of rotatable bonds is 7. The first kappa shape index (κ1) is 17.3. The lowest BCUT2D eigenvalue weighted by molar-refractivity contribution is 0.296. The Morgan fingerprint density at radius 3 is 2.67 bits per heavy atom. The molecule has 0 spiro atoms. The maximum absolute atomic E-state index is 5.69. The third-order valence-corrected chi connectivity index (χ3v) is 4.55. The van der Waals surface area contributed by atoms with Crippen molar-refractivity contribution in [2.24, 2.45) is 0 Å². The van der Waals surface area contributed by atoms with E-state index in [1.165, 1.54) is 17.3 Å². The Labute approximate surface area is 160 Å².